The number of carbonyl (C=O) groups excluding carboxylic acids is 2. The highest BCUT2D eigenvalue weighted by molar-refractivity contribution is 6.28. The molecule has 19 heavy (non-hydrogen) atoms. The zero-order valence-corrected chi connectivity index (χ0v) is 11.8. The predicted octanol–water partition coefficient (Wildman–Crippen LogP) is 1.23. The second-order valence-electron chi connectivity index (χ2n) is 5.77. The van der Waals surface area contributed by atoms with Crippen LogP contribution in [0.2, 0.25) is 0 Å². The lowest BCUT2D eigenvalue weighted by Crippen LogP contribution is -2.52. The van der Waals surface area contributed by atoms with Gasteiger partial charge in [0.15, 0.2) is 0 Å². The van der Waals surface area contributed by atoms with Crippen LogP contribution in [0.4, 0.5) is 4.79 Å². The Morgan fingerprint density at radius 2 is 2.05 bits per heavy atom. The minimum Gasteiger partial charge on any atom is -0.444 e. The molecular formula is C12H19N3O4. The number of carbonyl (C=O) groups is 2. The maximum absolute atomic E-state index is 12.2. The highest BCUT2D eigenvalue weighted by atomic mass is 16.6. The molecular weight excluding hydrogens is 250 g/mol. The fourth-order valence-corrected chi connectivity index (χ4v) is 1.81. The normalized spacial score (nSPS) is 21.7. The third kappa shape index (κ3) is 3.62. The van der Waals surface area contributed by atoms with E-state index in [-0.39, 0.29) is 6.61 Å². The van der Waals surface area contributed by atoms with Gasteiger partial charge in [-0.05, 0) is 34.6 Å². The Balaban J connectivity index is 2.99. The molecule has 0 N–H and O–H groups in total. The van der Waals surface area contributed by atoms with Crippen molar-refractivity contribution in [1.82, 2.24) is 4.90 Å². The number of amides is 1. The Bertz CT molecular complexity index is 433. The first-order valence-electron chi connectivity index (χ1n) is 5.96. The number of hydrogen-bond acceptors (Lipinski definition) is 4. The molecule has 0 aliphatic carbocycles. The summed E-state index contributed by atoms with van der Waals surface area (Å²) in [5.74, 6) is -0.515. The largest absolute Gasteiger partial charge is 0.444 e. The molecule has 0 aromatic heterocycles. The first-order valence-corrected chi connectivity index (χ1v) is 5.96. The van der Waals surface area contributed by atoms with Gasteiger partial charge in [0.05, 0.1) is 6.61 Å². The number of Topliss-reactive ketones (excluding diaryl/α,β-unsaturated/α-hetero) is 1. The van der Waals surface area contributed by atoms with Crippen molar-refractivity contribution in [2.24, 2.45) is 0 Å². The first kappa shape index (κ1) is 15.3. The maximum atomic E-state index is 12.2. The summed E-state index contributed by atoms with van der Waals surface area (Å²) in [6, 6.07) is -0.847. The SMILES string of the molecule is CC(C)(C)OC(=O)N1[C@@H](C(=O)C=[N+]=[N-])COC1(C)C. The molecule has 0 spiro atoms. The van der Waals surface area contributed by atoms with Crippen molar-refractivity contribution < 1.29 is 23.9 Å². The highest BCUT2D eigenvalue weighted by Gasteiger charge is 2.49. The Labute approximate surface area is 112 Å². The standard InChI is InChI=1S/C12H19N3O4/c1-11(2,3)19-10(17)15-8(9(16)6-14-13)7-18-12(15,4)5/h6,8H,7H2,1-5H3/t8-/m1/s1. The molecule has 1 amide bonds. The summed E-state index contributed by atoms with van der Waals surface area (Å²) >= 11 is 0. The minimum absolute atomic E-state index is 0.0388. The monoisotopic (exact) mass is 269 g/mol. The van der Waals surface area contributed by atoms with E-state index in [1.807, 2.05) is 0 Å². The van der Waals surface area contributed by atoms with E-state index in [4.69, 9.17) is 15.0 Å². The van der Waals surface area contributed by atoms with Gasteiger partial charge in [-0.15, -0.1) is 0 Å². The van der Waals surface area contributed by atoms with Gasteiger partial charge in [0.1, 0.15) is 17.4 Å². The lowest BCUT2D eigenvalue weighted by atomic mass is 10.1. The van der Waals surface area contributed by atoms with Crippen molar-refractivity contribution in [3.8, 4) is 0 Å². The lowest BCUT2D eigenvalue weighted by Gasteiger charge is -2.33. The molecule has 0 saturated carbocycles. The number of rotatable bonds is 2. The van der Waals surface area contributed by atoms with Gasteiger partial charge in [-0.2, -0.15) is 4.79 Å². The molecule has 106 valence electrons. The smallest absolute Gasteiger partial charge is 0.413 e. The van der Waals surface area contributed by atoms with Crippen LogP contribution in [-0.2, 0) is 14.3 Å². The van der Waals surface area contributed by atoms with Crippen molar-refractivity contribution in [2.75, 3.05) is 6.61 Å². The van der Waals surface area contributed by atoms with Crippen LogP contribution in [-0.4, -0.2) is 51.8 Å². The number of ether oxygens (including phenoxy) is 2. The lowest BCUT2D eigenvalue weighted by molar-refractivity contribution is -0.121. The summed E-state index contributed by atoms with van der Waals surface area (Å²) in [6.45, 7) is 8.58. The fourth-order valence-electron chi connectivity index (χ4n) is 1.81. The van der Waals surface area contributed by atoms with Gasteiger partial charge in [-0.3, -0.25) is 9.69 Å². The molecule has 7 heteroatoms. The van der Waals surface area contributed by atoms with Crippen molar-refractivity contribution in [3.05, 3.63) is 5.53 Å². The number of ketones is 1. The van der Waals surface area contributed by atoms with Crippen LogP contribution in [0, 0.1) is 0 Å². The summed E-state index contributed by atoms with van der Waals surface area (Å²) in [5, 5.41) is 0. The van der Waals surface area contributed by atoms with Crippen molar-refractivity contribution >= 4 is 18.1 Å². The third-order valence-electron chi connectivity index (χ3n) is 2.59. The predicted molar refractivity (Wildman–Crippen MR) is 66.6 cm³/mol. The maximum Gasteiger partial charge on any atom is 0.413 e. The molecule has 0 aromatic carbocycles. The van der Waals surface area contributed by atoms with Crippen molar-refractivity contribution in [1.29, 1.82) is 0 Å². The highest BCUT2D eigenvalue weighted by Crippen LogP contribution is 2.29. The van der Waals surface area contributed by atoms with Crippen molar-refractivity contribution in [2.45, 2.75) is 52.0 Å². The van der Waals surface area contributed by atoms with Crippen LogP contribution in [0.1, 0.15) is 34.6 Å². The van der Waals surface area contributed by atoms with Crippen LogP contribution in [0.5, 0.6) is 0 Å². The van der Waals surface area contributed by atoms with Crippen LogP contribution < -0.4 is 0 Å². The average molecular weight is 269 g/mol. The quantitative estimate of drug-likeness (QED) is 0.428. The van der Waals surface area contributed by atoms with Gasteiger partial charge < -0.3 is 15.0 Å². The summed E-state index contributed by atoms with van der Waals surface area (Å²) in [6.07, 6.45) is 0.118. The van der Waals surface area contributed by atoms with E-state index in [1.165, 1.54) is 4.90 Å². The molecule has 1 aliphatic heterocycles. The molecule has 1 saturated heterocycles. The van der Waals surface area contributed by atoms with Gasteiger partial charge in [-0.1, -0.05) is 0 Å². The zero-order valence-electron chi connectivity index (χ0n) is 11.8. The molecule has 1 atom stereocenters. The summed E-state index contributed by atoms with van der Waals surface area (Å²) in [7, 11) is 0. The van der Waals surface area contributed by atoms with Gasteiger partial charge in [-0.25, -0.2) is 4.79 Å². The van der Waals surface area contributed by atoms with E-state index in [9.17, 15) is 9.59 Å². The molecule has 1 fully saturated rings. The van der Waals surface area contributed by atoms with E-state index in [1.54, 1.807) is 34.6 Å². The van der Waals surface area contributed by atoms with Crippen LogP contribution >= 0.6 is 0 Å². The summed E-state index contributed by atoms with van der Waals surface area (Å²) in [4.78, 5) is 27.8. The summed E-state index contributed by atoms with van der Waals surface area (Å²) in [5.41, 5.74) is 6.79. The second kappa shape index (κ2) is 5.11. The molecule has 7 nitrogen and oxygen atoms in total. The van der Waals surface area contributed by atoms with Gasteiger partial charge in [0, 0.05) is 0 Å². The van der Waals surface area contributed by atoms with Crippen LogP contribution in [0.25, 0.3) is 5.53 Å². The van der Waals surface area contributed by atoms with Gasteiger partial charge in [0.25, 0.3) is 5.78 Å². The summed E-state index contributed by atoms with van der Waals surface area (Å²) < 4.78 is 10.7. The molecule has 1 aliphatic rings. The van der Waals surface area contributed by atoms with Gasteiger partial charge >= 0.3 is 12.3 Å². The zero-order chi connectivity index (χ0) is 14.8. The van der Waals surface area contributed by atoms with Gasteiger partial charge in [0.2, 0.25) is 0 Å². The third-order valence-corrected chi connectivity index (χ3v) is 2.59. The van der Waals surface area contributed by atoms with Crippen LogP contribution in [0.3, 0.4) is 0 Å². The fraction of sp³-hybridized carbons (Fsp3) is 0.750. The minimum atomic E-state index is -0.952. The number of nitrogens with zero attached hydrogens (tertiary/aromatic N) is 3. The molecule has 1 heterocycles. The second-order valence-corrected chi connectivity index (χ2v) is 5.77. The van der Waals surface area contributed by atoms with E-state index in [0.29, 0.717) is 0 Å². The van der Waals surface area contributed by atoms with Crippen molar-refractivity contribution in [3.63, 3.8) is 0 Å². The first-order chi connectivity index (χ1) is 8.58. The molecule has 0 radical (unpaired) electrons. The van der Waals surface area contributed by atoms with E-state index in [2.05, 4.69) is 4.79 Å². The molecule has 0 unspecified atom stereocenters. The van der Waals surface area contributed by atoms with Crippen LogP contribution in [0.15, 0.2) is 0 Å². The topological polar surface area (TPSA) is 92.2 Å². The Morgan fingerprint density at radius 1 is 1.47 bits per heavy atom. The molecule has 0 aromatic rings. The molecule has 0 bridgehead atoms. The van der Waals surface area contributed by atoms with E-state index >= 15 is 0 Å². The van der Waals surface area contributed by atoms with E-state index < -0.39 is 29.2 Å². The average Bonchev–Trinajstić information content (AvgIpc) is 2.51. The Kier molecular flexibility index (Phi) is 4.12. The number of hydrogen-bond donors (Lipinski definition) is 0. The molecule has 1 rings (SSSR count). The Hall–Kier alpha value is -1.72. The van der Waals surface area contributed by atoms with E-state index in [0.717, 1.165) is 6.21 Å². The Morgan fingerprint density at radius 3 is 2.53 bits per heavy atom.